The Hall–Kier alpha value is -1.07. The van der Waals surface area contributed by atoms with Crippen LogP contribution >= 0.6 is 27.7 Å². The maximum Gasteiger partial charge on any atom is 0.150 e. The smallest absolute Gasteiger partial charge is 0.150 e. The third-order valence-electron chi connectivity index (χ3n) is 2.00. The highest BCUT2D eigenvalue weighted by Gasteiger charge is 2.04. The summed E-state index contributed by atoms with van der Waals surface area (Å²) in [4.78, 5) is 12.7. The van der Waals surface area contributed by atoms with E-state index in [1.807, 2.05) is 31.6 Å². The average molecular weight is 297 g/mol. The molecule has 82 valence electrons. The molecular formula is C11H9BrN2OS. The van der Waals surface area contributed by atoms with E-state index >= 15 is 0 Å². The Morgan fingerprint density at radius 3 is 2.88 bits per heavy atom. The van der Waals surface area contributed by atoms with Gasteiger partial charge in [-0.05, 0) is 28.1 Å². The molecule has 0 spiro atoms. The number of hydrogen-bond acceptors (Lipinski definition) is 3. The van der Waals surface area contributed by atoms with Crippen molar-refractivity contribution >= 4 is 34.0 Å². The molecule has 0 aliphatic rings. The predicted octanol–water partition coefficient (Wildman–Crippen LogP) is 3.15. The molecule has 1 heterocycles. The zero-order valence-electron chi connectivity index (χ0n) is 8.55. The van der Waals surface area contributed by atoms with Crippen molar-refractivity contribution < 1.29 is 4.79 Å². The zero-order chi connectivity index (χ0) is 11.5. The van der Waals surface area contributed by atoms with E-state index < -0.39 is 0 Å². The minimum absolute atomic E-state index is 0.669. The van der Waals surface area contributed by atoms with Crippen molar-refractivity contribution in [3.8, 4) is 0 Å². The lowest BCUT2D eigenvalue weighted by molar-refractivity contribution is 0.112. The number of carbonyl (C=O) groups is 1. The third kappa shape index (κ3) is 2.54. The Bertz CT molecular complexity index is 524. The van der Waals surface area contributed by atoms with Gasteiger partial charge in [0, 0.05) is 28.2 Å². The van der Waals surface area contributed by atoms with Crippen molar-refractivity contribution in [2.24, 2.45) is 7.05 Å². The lowest BCUT2D eigenvalue weighted by Gasteiger charge is -2.02. The number of benzene rings is 1. The molecule has 1 aromatic carbocycles. The normalized spacial score (nSPS) is 10.4. The van der Waals surface area contributed by atoms with Crippen LogP contribution in [0.25, 0.3) is 0 Å². The SMILES string of the molecule is Cn1cc(Sc2ccc(C=O)cc2Br)cn1. The molecule has 5 heteroatoms. The fourth-order valence-corrected chi connectivity index (χ4v) is 2.74. The van der Waals surface area contributed by atoms with Crippen LogP contribution in [0.1, 0.15) is 10.4 Å². The van der Waals surface area contributed by atoms with Gasteiger partial charge in [-0.1, -0.05) is 17.8 Å². The first-order valence-electron chi connectivity index (χ1n) is 4.60. The van der Waals surface area contributed by atoms with Gasteiger partial charge in [0.25, 0.3) is 0 Å². The number of aldehydes is 1. The summed E-state index contributed by atoms with van der Waals surface area (Å²) in [5, 5.41) is 4.10. The molecule has 0 aliphatic carbocycles. The van der Waals surface area contributed by atoms with Crippen molar-refractivity contribution in [3.63, 3.8) is 0 Å². The summed E-state index contributed by atoms with van der Waals surface area (Å²) >= 11 is 5.05. The van der Waals surface area contributed by atoms with Crippen LogP contribution < -0.4 is 0 Å². The Morgan fingerprint density at radius 1 is 1.50 bits per heavy atom. The van der Waals surface area contributed by atoms with E-state index in [2.05, 4.69) is 21.0 Å². The number of nitrogens with zero attached hydrogens (tertiary/aromatic N) is 2. The molecule has 0 radical (unpaired) electrons. The monoisotopic (exact) mass is 296 g/mol. The van der Waals surface area contributed by atoms with E-state index in [1.165, 1.54) is 0 Å². The molecule has 2 rings (SSSR count). The summed E-state index contributed by atoms with van der Waals surface area (Å²) in [6, 6.07) is 5.54. The number of aromatic nitrogens is 2. The molecule has 2 aromatic rings. The lowest BCUT2D eigenvalue weighted by Crippen LogP contribution is -1.84. The number of rotatable bonds is 3. The Morgan fingerprint density at radius 2 is 2.31 bits per heavy atom. The second kappa shape index (κ2) is 4.84. The number of halogens is 1. The fraction of sp³-hybridized carbons (Fsp3) is 0.0909. The van der Waals surface area contributed by atoms with Gasteiger partial charge < -0.3 is 0 Å². The van der Waals surface area contributed by atoms with Crippen molar-refractivity contribution in [1.29, 1.82) is 0 Å². The number of carbonyl (C=O) groups excluding carboxylic acids is 1. The first-order valence-corrected chi connectivity index (χ1v) is 6.21. The van der Waals surface area contributed by atoms with E-state index in [1.54, 1.807) is 22.5 Å². The molecule has 0 saturated carbocycles. The minimum Gasteiger partial charge on any atom is -0.298 e. The third-order valence-corrected chi connectivity index (χ3v) is 3.94. The van der Waals surface area contributed by atoms with Crippen LogP contribution in [0.4, 0.5) is 0 Å². The second-order valence-corrected chi connectivity index (χ2v) is 5.23. The highest BCUT2D eigenvalue weighted by atomic mass is 79.9. The van der Waals surface area contributed by atoms with Crippen LogP contribution in [-0.4, -0.2) is 16.1 Å². The summed E-state index contributed by atoms with van der Waals surface area (Å²) in [7, 11) is 1.88. The summed E-state index contributed by atoms with van der Waals surface area (Å²) in [6.07, 6.45) is 4.60. The van der Waals surface area contributed by atoms with Crippen molar-refractivity contribution in [1.82, 2.24) is 9.78 Å². The zero-order valence-corrected chi connectivity index (χ0v) is 11.0. The van der Waals surface area contributed by atoms with Crippen LogP contribution in [0, 0.1) is 0 Å². The molecule has 3 nitrogen and oxygen atoms in total. The fourth-order valence-electron chi connectivity index (χ4n) is 1.25. The summed E-state index contributed by atoms with van der Waals surface area (Å²) in [5.74, 6) is 0. The molecule has 0 aliphatic heterocycles. The first kappa shape index (κ1) is 11.4. The second-order valence-electron chi connectivity index (χ2n) is 3.26. The van der Waals surface area contributed by atoms with E-state index in [0.717, 1.165) is 20.5 Å². The lowest BCUT2D eigenvalue weighted by atomic mass is 10.2. The van der Waals surface area contributed by atoms with Crippen LogP contribution in [-0.2, 0) is 7.05 Å². The highest BCUT2D eigenvalue weighted by molar-refractivity contribution is 9.10. The highest BCUT2D eigenvalue weighted by Crippen LogP contribution is 2.33. The Balaban J connectivity index is 2.25. The molecular weight excluding hydrogens is 288 g/mol. The van der Waals surface area contributed by atoms with Gasteiger partial charge in [0.05, 0.1) is 11.1 Å². The van der Waals surface area contributed by atoms with Crippen LogP contribution in [0.2, 0.25) is 0 Å². The van der Waals surface area contributed by atoms with Gasteiger partial charge in [0.15, 0.2) is 0 Å². The summed E-state index contributed by atoms with van der Waals surface area (Å²) in [6.45, 7) is 0. The maximum absolute atomic E-state index is 10.6. The van der Waals surface area contributed by atoms with E-state index in [-0.39, 0.29) is 0 Å². The Labute approximate surface area is 106 Å². The number of aryl methyl sites for hydroxylation is 1. The predicted molar refractivity (Wildman–Crippen MR) is 66.9 cm³/mol. The summed E-state index contributed by atoms with van der Waals surface area (Å²) < 4.78 is 2.68. The molecule has 0 amide bonds. The molecule has 0 atom stereocenters. The van der Waals surface area contributed by atoms with Crippen molar-refractivity contribution in [2.45, 2.75) is 9.79 Å². The van der Waals surface area contributed by atoms with Crippen LogP contribution in [0.5, 0.6) is 0 Å². The molecule has 0 saturated heterocycles. The van der Waals surface area contributed by atoms with E-state index in [0.29, 0.717) is 5.56 Å². The van der Waals surface area contributed by atoms with Gasteiger partial charge in [-0.25, -0.2) is 0 Å². The van der Waals surface area contributed by atoms with Crippen molar-refractivity contribution in [3.05, 3.63) is 40.6 Å². The molecule has 16 heavy (non-hydrogen) atoms. The van der Waals surface area contributed by atoms with Crippen LogP contribution in [0.3, 0.4) is 0 Å². The largest absolute Gasteiger partial charge is 0.298 e. The maximum atomic E-state index is 10.6. The molecule has 0 unspecified atom stereocenters. The average Bonchev–Trinajstić information content (AvgIpc) is 2.67. The Kier molecular flexibility index (Phi) is 3.46. The minimum atomic E-state index is 0.669. The van der Waals surface area contributed by atoms with Gasteiger partial charge in [-0.3, -0.25) is 9.48 Å². The quantitative estimate of drug-likeness (QED) is 0.816. The van der Waals surface area contributed by atoms with Gasteiger partial charge in [-0.2, -0.15) is 5.10 Å². The van der Waals surface area contributed by atoms with Crippen molar-refractivity contribution in [2.75, 3.05) is 0 Å². The van der Waals surface area contributed by atoms with Crippen LogP contribution in [0.15, 0.2) is 44.9 Å². The number of hydrogen-bond donors (Lipinski definition) is 0. The van der Waals surface area contributed by atoms with E-state index in [4.69, 9.17) is 0 Å². The molecule has 0 bridgehead atoms. The van der Waals surface area contributed by atoms with Gasteiger partial charge in [-0.15, -0.1) is 0 Å². The van der Waals surface area contributed by atoms with E-state index in [9.17, 15) is 4.79 Å². The molecule has 0 N–H and O–H groups in total. The molecule has 1 aromatic heterocycles. The standard InChI is InChI=1S/C11H9BrN2OS/c1-14-6-9(5-13-14)16-11-3-2-8(7-15)4-10(11)12/h2-7H,1H3. The molecule has 0 fully saturated rings. The topological polar surface area (TPSA) is 34.9 Å². The van der Waals surface area contributed by atoms with Gasteiger partial charge >= 0.3 is 0 Å². The van der Waals surface area contributed by atoms with Gasteiger partial charge in [0.2, 0.25) is 0 Å². The summed E-state index contributed by atoms with van der Waals surface area (Å²) in [5.41, 5.74) is 0.669. The van der Waals surface area contributed by atoms with Gasteiger partial charge in [0.1, 0.15) is 6.29 Å². The first-order chi connectivity index (χ1) is 7.69.